The fourth-order valence-corrected chi connectivity index (χ4v) is 3.02. The highest BCUT2D eigenvalue weighted by Gasteiger charge is 2.27. The Labute approximate surface area is 145 Å². The average Bonchev–Trinajstić information content (AvgIpc) is 2.53. The molecule has 2 rings (SSSR count). The number of hydrogen-bond acceptors (Lipinski definition) is 3. The zero-order valence-corrected chi connectivity index (χ0v) is 14.1. The number of aliphatic carboxylic acids is 1. The van der Waals surface area contributed by atoms with Crippen LogP contribution in [0.5, 0.6) is 5.75 Å². The average molecular weight is 360 g/mol. The van der Waals surface area contributed by atoms with Gasteiger partial charge in [-0.15, -0.1) is 0 Å². The quantitative estimate of drug-likeness (QED) is 0.789. The first kappa shape index (κ1) is 17.9. The third-order valence-electron chi connectivity index (χ3n) is 3.81. The molecule has 1 aliphatic heterocycles. The molecule has 7 heteroatoms. The van der Waals surface area contributed by atoms with Crippen LogP contribution in [0.25, 0.3) is 0 Å². The third-order valence-corrected chi connectivity index (χ3v) is 4.34. The van der Waals surface area contributed by atoms with Crippen molar-refractivity contribution in [3.63, 3.8) is 0 Å². The lowest BCUT2D eigenvalue weighted by atomic mass is 9.98. The molecule has 1 aromatic carbocycles. The van der Waals surface area contributed by atoms with Crippen molar-refractivity contribution in [3.8, 4) is 5.75 Å². The van der Waals surface area contributed by atoms with Gasteiger partial charge < -0.3 is 14.7 Å². The predicted molar refractivity (Wildman–Crippen MR) is 88.1 cm³/mol. The van der Waals surface area contributed by atoms with Crippen LogP contribution in [0.3, 0.4) is 0 Å². The van der Waals surface area contributed by atoms with Crippen LogP contribution in [0, 0.1) is 5.92 Å². The lowest BCUT2D eigenvalue weighted by Gasteiger charge is -2.30. The molecule has 0 saturated carbocycles. The van der Waals surface area contributed by atoms with E-state index in [-0.39, 0.29) is 5.91 Å². The Hall–Kier alpha value is -1.46. The van der Waals surface area contributed by atoms with Crippen molar-refractivity contribution in [1.82, 2.24) is 4.90 Å². The Balaban J connectivity index is 1.73. The Bertz CT molecular complexity index is 579. The molecule has 0 radical (unpaired) electrons. The number of rotatable bonds is 6. The minimum atomic E-state index is -0.830. The van der Waals surface area contributed by atoms with Crippen LogP contribution in [-0.2, 0) is 9.59 Å². The van der Waals surface area contributed by atoms with Crippen molar-refractivity contribution in [2.24, 2.45) is 5.92 Å². The number of likely N-dealkylation sites (tertiary alicyclic amines) is 1. The van der Waals surface area contributed by atoms with E-state index in [0.717, 1.165) is 6.42 Å². The monoisotopic (exact) mass is 359 g/mol. The summed E-state index contributed by atoms with van der Waals surface area (Å²) in [5, 5.41) is 10.0. The molecule has 1 fully saturated rings. The first-order valence-electron chi connectivity index (χ1n) is 7.56. The molecule has 1 heterocycles. The molecule has 0 aliphatic carbocycles. The van der Waals surface area contributed by atoms with Gasteiger partial charge in [-0.25, -0.2) is 0 Å². The number of ether oxygens (including phenoxy) is 1. The van der Waals surface area contributed by atoms with Crippen LogP contribution in [0.4, 0.5) is 0 Å². The Morgan fingerprint density at radius 2 is 2.13 bits per heavy atom. The van der Waals surface area contributed by atoms with Gasteiger partial charge in [0.2, 0.25) is 5.91 Å². The van der Waals surface area contributed by atoms with Gasteiger partial charge in [-0.2, -0.15) is 0 Å². The first-order valence-corrected chi connectivity index (χ1v) is 8.31. The number of carboxylic acid groups (broad SMARTS) is 1. The van der Waals surface area contributed by atoms with Crippen LogP contribution in [0.15, 0.2) is 18.2 Å². The van der Waals surface area contributed by atoms with Gasteiger partial charge in [0.05, 0.1) is 17.5 Å². The van der Waals surface area contributed by atoms with Gasteiger partial charge in [0.15, 0.2) is 0 Å². The molecule has 1 aromatic rings. The van der Waals surface area contributed by atoms with E-state index in [1.54, 1.807) is 23.1 Å². The number of benzene rings is 1. The van der Waals surface area contributed by atoms with E-state index in [9.17, 15) is 9.59 Å². The van der Waals surface area contributed by atoms with Crippen molar-refractivity contribution >= 4 is 35.1 Å². The summed E-state index contributed by atoms with van der Waals surface area (Å²) < 4.78 is 5.53. The van der Waals surface area contributed by atoms with Gasteiger partial charge in [0, 0.05) is 24.5 Å². The second-order valence-corrected chi connectivity index (χ2v) is 6.39. The number of carbonyl (C=O) groups excluding carboxylic acids is 1. The van der Waals surface area contributed by atoms with Crippen molar-refractivity contribution < 1.29 is 19.4 Å². The Kier molecular flexibility index (Phi) is 6.54. The summed E-state index contributed by atoms with van der Waals surface area (Å²) in [6.07, 6.45) is 2.25. The number of nitrogens with zero attached hydrogens (tertiary/aromatic N) is 1. The summed E-state index contributed by atoms with van der Waals surface area (Å²) in [6.45, 7) is 1.30. The Morgan fingerprint density at radius 1 is 1.35 bits per heavy atom. The molecule has 1 aliphatic rings. The molecule has 1 N–H and O–H groups in total. The maximum Gasteiger partial charge on any atom is 0.308 e. The SMILES string of the molecule is O=C(O)[C@@H]1CCCN(C(=O)CCCOc2ccc(Cl)cc2Cl)C1. The van der Waals surface area contributed by atoms with E-state index in [2.05, 4.69) is 0 Å². The topological polar surface area (TPSA) is 66.8 Å². The normalized spacial score (nSPS) is 17.8. The van der Waals surface area contributed by atoms with E-state index in [1.165, 1.54) is 0 Å². The highest BCUT2D eigenvalue weighted by Crippen LogP contribution is 2.27. The molecule has 1 atom stereocenters. The van der Waals surface area contributed by atoms with Crippen molar-refractivity contribution in [1.29, 1.82) is 0 Å². The van der Waals surface area contributed by atoms with E-state index in [0.29, 0.717) is 54.8 Å². The summed E-state index contributed by atoms with van der Waals surface area (Å²) in [5.74, 6) is -0.769. The summed E-state index contributed by atoms with van der Waals surface area (Å²) in [6, 6.07) is 4.98. The molecule has 0 unspecified atom stereocenters. The van der Waals surface area contributed by atoms with Crippen LogP contribution >= 0.6 is 23.2 Å². The Morgan fingerprint density at radius 3 is 2.83 bits per heavy atom. The molecule has 5 nitrogen and oxygen atoms in total. The van der Waals surface area contributed by atoms with Gasteiger partial charge in [0.25, 0.3) is 0 Å². The van der Waals surface area contributed by atoms with Gasteiger partial charge in [0.1, 0.15) is 5.75 Å². The lowest BCUT2D eigenvalue weighted by Crippen LogP contribution is -2.42. The molecule has 0 bridgehead atoms. The summed E-state index contributed by atoms with van der Waals surface area (Å²) >= 11 is 11.8. The van der Waals surface area contributed by atoms with Crippen molar-refractivity contribution in [2.75, 3.05) is 19.7 Å². The molecule has 126 valence electrons. The second kappa shape index (κ2) is 8.41. The number of carboxylic acids is 1. The fourth-order valence-electron chi connectivity index (χ4n) is 2.56. The molecule has 0 aromatic heterocycles. The van der Waals surface area contributed by atoms with E-state index >= 15 is 0 Å². The van der Waals surface area contributed by atoms with Crippen molar-refractivity contribution in [2.45, 2.75) is 25.7 Å². The van der Waals surface area contributed by atoms with Crippen LogP contribution in [0.2, 0.25) is 10.0 Å². The number of piperidine rings is 1. The highest BCUT2D eigenvalue weighted by atomic mass is 35.5. The molecule has 0 spiro atoms. The molecule has 1 amide bonds. The zero-order valence-electron chi connectivity index (χ0n) is 12.6. The zero-order chi connectivity index (χ0) is 16.8. The molecule has 23 heavy (non-hydrogen) atoms. The maximum atomic E-state index is 12.1. The van der Waals surface area contributed by atoms with Gasteiger partial charge in [-0.3, -0.25) is 9.59 Å². The largest absolute Gasteiger partial charge is 0.492 e. The lowest BCUT2D eigenvalue weighted by molar-refractivity contribution is -0.145. The van der Waals surface area contributed by atoms with E-state index < -0.39 is 11.9 Å². The number of hydrogen-bond donors (Lipinski definition) is 1. The van der Waals surface area contributed by atoms with Gasteiger partial charge >= 0.3 is 5.97 Å². The summed E-state index contributed by atoms with van der Waals surface area (Å²) in [4.78, 5) is 24.8. The summed E-state index contributed by atoms with van der Waals surface area (Å²) in [5.41, 5.74) is 0. The van der Waals surface area contributed by atoms with Crippen LogP contribution < -0.4 is 4.74 Å². The van der Waals surface area contributed by atoms with Crippen LogP contribution in [-0.4, -0.2) is 41.6 Å². The fraction of sp³-hybridized carbons (Fsp3) is 0.500. The molecular weight excluding hydrogens is 341 g/mol. The van der Waals surface area contributed by atoms with Gasteiger partial charge in [-0.05, 0) is 37.5 Å². The number of carbonyl (C=O) groups is 2. The predicted octanol–water partition coefficient (Wildman–Crippen LogP) is 3.48. The second-order valence-electron chi connectivity index (χ2n) is 5.54. The highest BCUT2D eigenvalue weighted by molar-refractivity contribution is 6.35. The van der Waals surface area contributed by atoms with Crippen molar-refractivity contribution in [3.05, 3.63) is 28.2 Å². The summed E-state index contributed by atoms with van der Waals surface area (Å²) in [7, 11) is 0. The number of amides is 1. The standard InChI is InChI=1S/C16H19Cl2NO4/c17-12-5-6-14(13(18)9-12)23-8-2-4-15(20)19-7-1-3-11(10-19)16(21)22/h5-6,9,11H,1-4,7-8,10H2,(H,21,22)/t11-/m1/s1. The molecule has 1 saturated heterocycles. The first-order chi connectivity index (χ1) is 11.0. The minimum Gasteiger partial charge on any atom is -0.492 e. The van der Waals surface area contributed by atoms with E-state index in [4.69, 9.17) is 33.0 Å². The minimum absolute atomic E-state index is 0.0262. The van der Waals surface area contributed by atoms with Gasteiger partial charge in [-0.1, -0.05) is 23.2 Å². The molecular formula is C16H19Cl2NO4. The smallest absolute Gasteiger partial charge is 0.308 e. The third kappa shape index (κ3) is 5.29. The van der Waals surface area contributed by atoms with E-state index in [1.807, 2.05) is 0 Å². The van der Waals surface area contributed by atoms with Crippen LogP contribution in [0.1, 0.15) is 25.7 Å². The number of halogens is 2. The maximum absolute atomic E-state index is 12.1.